The van der Waals surface area contributed by atoms with Crippen molar-refractivity contribution in [3.63, 3.8) is 0 Å². The molecule has 2 unspecified atom stereocenters. The van der Waals surface area contributed by atoms with E-state index in [4.69, 9.17) is 9.47 Å². The summed E-state index contributed by atoms with van der Waals surface area (Å²) in [6, 6.07) is 15.9. The van der Waals surface area contributed by atoms with E-state index in [2.05, 4.69) is 6.58 Å². The van der Waals surface area contributed by atoms with Crippen LogP contribution < -0.4 is 4.74 Å². The van der Waals surface area contributed by atoms with E-state index in [9.17, 15) is 14.7 Å². The van der Waals surface area contributed by atoms with Gasteiger partial charge in [0.1, 0.15) is 18.5 Å². The maximum atomic E-state index is 12.7. The van der Waals surface area contributed by atoms with Crippen molar-refractivity contribution in [1.82, 2.24) is 0 Å². The van der Waals surface area contributed by atoms with Crippen molar-refractivity contribution in [1.29, 1.82) is 0 Å². The molecule has 5 nitrogen and oxygen atoms in total. The number of aliphatic hydroxyl groups excluding tert-OH is 1. The summed E-state index contributed by atoms with van der Waals surface area (Å²) in [7, 11) is 0. The Morgan fingerprint density at radius 3 is 2.36 bits per heavy atom. The first-order valence-corrected chi connectivity index (χ1v) is 9.28. The van der Waals surface area contributed by atoms with E-state index < -0.39 is 18.2 Å². The van der Waals surface area contributed by atoms with Crippen molar-refractivity contribution in [3.05, 3.63) is 77.9 Å². The Morgan fingerprint density at radius 2 is 1.71 bits per heavy atom. The van der Waals surface area contributed by atoms with E-state index >= 15 is 0 Å². The fourth-order valence-electron chi connectivity index (χ4n) is 2.63. The molecule has 0 heterocycles. The van der Waals surface area contributed by atoms with Gasteiger partial charge in [-0.1, -0.05) is 56.0 Å². The molecule has 2 rings (SSSR count). The molecule has 0 saturated carbocycles. The molecule has 148 valence electrons. The Morgan fingerprint density at radius 1 is 1.07 bits per heavy atom. The number of ketones is 1. The van der Waals surface area contributed by atoms with Crippen LogP contribution in [0.5, 0.6) is 5.75 Å². The number of hydrogen-bond donors (Lipinski definition) is 1. The van der Waals surface area contributed by atoms with Crippen LogP contribution in [-0.2, 0) is 9.53 Å². The zero-order valence-electron chi connectivity index (χ0n) is 16.3. The number of rotatable bonds is 10. The highest BCUT2D eigenvalue weighted by atomic mass is 16.5. The molecule has 5 heteroatoms. The number of benzene rings is 2. The normalized spacial score (nSPS) is 12.7. The molecule has 0 saturated heterocycles. The number of aliphatic hydroxyl groups is 1. The van der Waals surface area contributed by atoms with Gasteiger partial charge >= 0.3 is 5.97 Å². The first-order valence-electron chi connectivity index (χ1n) is 9.28. The minimum atomic E-state index is -0.845. The molecule has 2 atom stereocenters. The van der Waals surface area contributed by atoms with Gasteiger partial charge in [-0.3, -0.25) is 4.79 Å². The molecule has 1 N–H and O–H groups in total. The maximum Gasteiger partial charge on any atom is 0.333 e. The van der Waals surface area contributed by atoms with Crippen molar-refractivity contribution in [2.45, 2.75) is 38.9 Å². The number of hydrogen-bond acceptors (Lipinski definition) is 5. The summed E-state index contributed by atoms with van der Waals surface area (Å²) in [6.45, 7) is 6.99. The molecule has 0 aliphatic carbocycles. The van der Waals surface area contributed by atoms with Gasteiger partial charge in [0.15, 0.2) is 5.78 Å². The maximum absolute atomic E-state index is 12.7. The first-order chi connectivity index (χ1) is 13.4. The van der Waals surface area contributed by atoms with E-state index in [1.54, 1.807) is 55.5 Å². The van der Waals surface area contributed by atoms with Crippen molar-refractivity contribution in [2.24, 2.45) is 0 Å². The summed E-state index contributed by atoms with van der Waals surface area (Å²) in [6.07, 6.45) is -0.463. The zero-order valence-corrected chi connectivity index (χ0v) is 16.3. The smallest absolute Gasteiger partial charge is 0.333 e. The second-order valence-corrected chi connectivity index (χ2v) is 6.61. The van der Waals surface area contributed by atoms with Crippen molar-refractivity contribution >= 4 is 11.8 Å². The van der Waals surface area contributed by atoms with Crippen LogP contribution in [-0.4, -0.2) is 35.7 Å². The highest BCUT2D eigenvalue weighted by molar-refractivity contribution is 6.10. The summed E-state index contributed by atoms with van der Waals surface area (Å²) >= 11 is 0. The molecule has 0 spiro atoms. The molecule has 28 heavy (non-hydrogen) atoms. The topological polar surface area (TPSA) is 72.8 Å². The van der Waals surface area contributed by atoms with Gasteiger partial charge in [0, 0.05) is 17.6 Å². The third-order valence-corrected chi connectivity index (χ3v) is 4.21. The van der Waals surface area contributed by atoms with Gasteiger partial charge in [0.05, 0.1) is 11.7 Å². The lowest BCUT2D eigenvalue weighted by atomic mass is 10.0. The average Bonchev–Trinajstić information content (AvgIpc) is 2.71. The summed E-state index contributed by atoms with van der Waals surface area (Å²) in [5.41, 5.74) is 1.32. The van der Waals surface area contributed by atoms with E-state index in [0.29, 0.717) is 28.9 Å². The van der Waals surface area contributed by atoms with Gasteiger partial charge in [-0.2, -0.15) is 0 Å². The van der Waals surface area contributed by atoms with Gasteiger partial charge in [-0.15, -0.1) is 0 Å². The summed E-state index contributed by atoms with van der Waals surface area (Å²) in [4.78, 5) is 24.4. The third-order valence-electron chi connectivity index (χ3n) is 4.21. The number of esters is 1. The van der Waals surface area contributed by atoms with Gasteiger partial charge in [0.25, 0.3) is 0 Å². The Kier molecular flexibility index (Phi) is 7.96. The number of para-hydroxylation sites is 1. The summed E-state index contributed by atoms with van der Waals surface area (Å²) in [5.74, 6) is -0.214. The largest absolute Gasteiger partial charge is 0.490 e. The highest BCUT2D eigenvalue weighted by Crippen LogP contribution is 2.22. The molecule has 0 bridgehead atoms. The molecule has 0 fully saturated rings. The zero-order chi connectivity index (χ0) is 20.5. The fraction of sp³-hybridized carbons (Fsp3) is 0.304. The molecule has 0 aliphatic heterocycles. The Hall–Kier alpha value is -2.92. The van der Waals surface area contributed by atoms with Gasteiger partial charge < -0.3 is 14.6 Å². The minimum absolute atomic E-state index is 0.0137. The predicted molar refractivity (Wildman–Crippen MR) is 107 cm³/mol. The average molecular weight is 382 g/mol. The quantitative estimate of drug-likeness (QED) is 0.383. The van der Waals surface area contributed by atoms with Crippen LogP contribution in [0.1, 0.15) is 42.6 Å². The van der Waals surface area contributed by atoms with Gasteiger partial charge in [-0.25, -0.2) is 4.79 Å². The Bertz CT molecular complexity index is 813. The Balaban J connectivity index is 2.00. The molecule has 2 aromatic carbocycles. The second kappa shape index (κ2) is 10.4. The first kappa shape index (κ1) is 21.4. The van der Waals surface area contributed by atoms with E-state index in [0.717, 1.165) is 0 Å². The SMILES string of the molecule is C=C(C)C(=O)OC(CC)CC(O)COc1ccccc1C(=O)c1ccccc1. The molecular weight excluding hydrogens is 356 g/mol. The summed E-state index contributed by atoms with van der Waals surface area (Å²) < 4.78 is 11.0. The van der Waals surface area contributed by atoms with Crippen LogP contribution in [0.15, 0.2) is 66.7 Å². The lowest BCUT2D eigenvalue weighted by Gasteiger charge is -2.20. The van der Waals surface area contributed by atoms with Crippen LogP contribution >= 0.6 is 0 Å². The number of ether oxygens (including phenoxy) is 2. The lowest BCUT2D eigenvalue weighted by molar-refractivity contribution is -0.145. The standard InChI is InChI=1S/C23H26O5/c1-4-19(28-23(26)16(2)3)14-18(24)15-27-21-13-9-8-12-20(21)22(25)17-10-6-5-7-11-17/h5-13,18-19,24H,2,4,14-15H2,1,3H3. The predicted octanol–water partition coefficient (Wildman–Crippen LogP) is 3.95. The third kappa shape index (κ3) is 6.06. The highest BCUT2D eigenvalue weighted by Gasteiger charge is 2.19. The minimum Gasteiger partial charge on any atom is -0.490 e. The van der Waals surface area contributed by atoms with Gasteiger partial charge in [-0.05, 0) is 25.5 Å². The van der Waals surface area contributed by atoms with Gasteiger partial charge in [0.2, 0.25) is 0 Å². The molecule has 0 amide bonds. The molecule has 0 aromatic heterocycles. The van der Waals surface area contributed by atoms with E-state index in [-0.39, 0.29) is 18.8 Å². The van der Waals surface area contributed by atoms with Crippen LogP contribution in [0.25, 0.3) is 0 Å². The van der Waals surface area contributed by atoms with Crippen molar-refractivity contribution in [3.8, 4) is 5.75 Å². The second-order valence-electron chi connectivity index (χ2n) is 6.61. The molecular formula is C23H26O5. The Labute approximate surface area is 165 Å². The fourth-order valence-corrected chi connectivity index (χ4v) is 2.63. The van der Waals surface area contributed by atoms with Crippen LogP contribution in [0.4, 0.5) is 0 Å². The lowest BCUT2D eigenvalue weighted by Crippen LogP contribution is -2.27. The van der Waals surface area contributed by atoms with E-state index in [1.165, 1.54) is 0 Å². The molecule has 2 aromatic rings. The van der Waals surface area contributed by atoms with Crippen LogP contribution in [0, 0.1) is 0 Å². The van der Waals surface area contributed by atoms with Crippen molar-refractivity contribution < 1.29 is 24.2 Å². The monoisotopic (exact) mass is 382 g/mol. The summed E-state index contributed by atoms with van der Waals surface area (Å²) in [5, 5.41) is 10.3. The van der Waals surface area contributed by atoms with E-state index in [1.807, 2.05) is 13.0 Å². The molecule has 0 radical (unpaired) electrons. The number of carbonyl (C=O) groups is 2. The van der Waals surface area contributed by atoms with Crippen LogP contribution in [0.3, 0.4) is 0 Å². The van der Waals surface area contributed by atoms with Crippen LogP contribution in [0.2, 0.25) is 0 Å². The number of carbonyl (C=O) groups excluding carboxylic acids is 2. The van der Waals surface area contributed by atoms with Crippen molar-refractivity contribution in [2.75, 3.05) is 6.61 Å². The molecule has 0 aliphatic rings.